The molecule has 0 heterocycles. The van der Waals surface area contributed by atoms with Gasteiger partial charge < -0.3 is 19.5 Å². The van der Waals surface area contributed by atoms with Crippen molar-refractivity contribution in [3.63, 3.8) is 0 Å². The van der Waals surface area contributed by atoms with Gasteiger partial charge in [0.15, 0.2) is 11.5 Å². The summed E-state index contributed by atoms with van der Waals surface area (Å²) in [5, 5.41) is 2.97. The summed E-state index contributed by atoms with van der Waals surface area (Å²) in [7, 11) is 3.23. The van der Waals surface area contributed by atoms with Crippen LogP contribution >= 0.6 is 0 Å². The lowest BCUT2D eigenvalue weighted by Crippen LogP contribution is -2.25. The number of aryl methyl sites for hydroxylation is 1. The number of hydrogen-bond donors (Lipinski definition) is 1. The minimum Gasteiger partial charge on any atom is -0.494 e. The van der Waals surface area contributed by atoms with Crippen LogP contribution in [0.5, 0.6) is 17.2 Å². The lowest BCUT2D eigenvalue weighted by molar-refractivity contribution is -0.121. The topological polar surface area (TPSA) is 56.8 Å². The number of rotatable bonds is 10. The van der Waals surface area contributed by atoms with Crippen LogP contribution in [0.1, 0.15) is 24.5 Å². The standard InChI is InChI=1S/C21H27NO4/c1-4-26-18-8-6-5-7-17(18)10-12-21(23)22-14-13-16-9-11-19(24-2)20(15-16)25-3/h5-9,11,15H,4,10,12-14H2,1-3H3,(H,22,23). The Morgan fingerprint density at radius 3 is 2.46 bits per heavy atom. The number of ether oxygens (including phenoxy) is 3. The summed E-state index contributed by atoms with van der Waals surface area (Å²) in [4.78, 5) is 12.1. The maximum absolute atomic E-state index is 12.1. The van der Waals surface area contributed by atoms with Crippen LogP contribution in [0.4, 0.5) is 0 Å². The van der Waals surface area contributed by atoms with Crippen molar-refractivity contribution in [1.82, 2.24) is 5.32 Å². The van der Waals surface area contributed by atoms with Gasteiger partial charge in [0.2, 0.25) is 5.91 Å². The number of hydrogen-bond acceptors (Lipinski definition) is 4. The first kappa shape index (κ1) is 19.6. The molecule has 140 valence electrons. The Kier molecular flexibility index (Phi) is 7.80. The fourth-order valence-corrected chi connectivity index (χ4v) is 2.73. The average molecular weight is 357 g/mol. The predicted molar refractivity (Wildman–Crippen MR) is 102 cm³/mol. The van der Waals surface area contributed by atoms with Gasteiger partial charge in [-0.1, -0.05) is 24.3 Å². The Morgan fingerprint density at radius 2 is 1.73 bits per heavy atom. The van der Waals surface area contributed by atoms with Crippen molar-refractivity contribution in [2.45, 2.75) is 26.2 Å². The molecule has 0 radical (unpaired) electrons. The highest BCUT2D eigenvalue weighted by Crippen LogP contribution is 2.27. The zero-order chi connectivity index (χ0) is 18.8. The number of methoxy groups -OCH3 is 2. The molecule has 1 N–H and O–H groups in total. The fourth-order valence-electron chi connectivity index (χ4n) is 2.73. The number of amides is 1. The van der Waals surface area contributed by atoms with E-state index in [1.165, 1.54) is 0 Å². The maximum Gasteiger partial charge on any atom is 0.220 e. The normalized spacial score (nSPS) is 10.3. The highest BCUT2D eigenvalue weighted by Gasteiger charge is 2.08. The van der Waals surface area contributed by atoms with Gasteiger partial charge in [0.05, 0.1) is 20.8 Å². The zero-order valence-corrected chi connectivity index (χ0v) is 15.7. The Labute approximate surface area is 155 Å². The van der Waals surface area contributed by atoms with Crippen LogP contribution in [0.25, 0.3) is 0 Å². The van der Waals surface area contributed by atoms with Gasteiger partial charge in [0.25, 0.3) is 0 Å². The third-order valence-corrected chi connectivity index (χ3v) is 4.08. The van der Waals surface area contributed by atoms with E-state index < -0.39 is 0 Å². The van der Waals surface area contributed by atoms with E-state index in [2.05, 4.69) is 5.32 Å². The van der Waals surface area contributed by atoms with Crippen LogP contribution < -0.4 is 19.5 Å². The molecule has 0 saturated heterocycles. The number of benzene rings is 2. The minimum atomic E-state index is 0.0387. The Morgan fingerprint density at radius 1 is 0.962 bits per heavy atom. The van der Waals surface area contributed by atoms with Crippen molar-refractivity contribution in [1.29, 1.82) is 0 Å². The molecule has 0 aliphatic rings. The van der Waals surface area contributed by atoms with Gasteiger partial charge in [-0.05, 0) is 49.1 Å². The molecule has 0 fully saturated rings. The molecule has 0 unspecified atom stereocenters. The molecular weight excluding hydrogens is 330 g/mol. The molecule has 2 aromatic carbocycles. The molecule has 2 rings (SSSR count). The van der Waals surface area contributed by atoms with Crippen LogP contribution in [0.15, 0.2) is 42.5 Å². The first-order chi connectivity index (χ1) is 12.7. The maximum atomic E-state index is 12.1. The molecule has 0 aromatic heterocycles. The summed E-state index contributed by atoms with van der Waals surface area (Å²) in [6.07, 6.45) is 1.84. The summed E-state index contributed by atoms with van der Waals surface area (Å²) in [6.45, 7) is 3.16. The highest BCUT2D eigenvalue weighted by molar-refractivity contribution is 5.76. The Hall–Kier alpha value is -2.69. The summed E-state index contributed by atoms with van der Waals surface area (Å²) in [5.74, 6) is 2.29. The smallest absolute Gasteiger partial charge is 0.220 e. The van der Waals surface area contributed by atoms with Crippen molar-refractivity contribution in [3.05, 3.63) is 53.6 Å². The molecule has 0 aliphatic carbocycles. The van der Waals surface area contributed by atoms with Gasteiger partial charge in [-0.25, -0.2) is 0 Å². The van der Waals surface area contributed by atoms with Crippen LogP contribution in [-0.2, 0) is 17.6 Å². The molecule has 26 heavy (non-hydrogen) atoms. The third kappa shape index (κ3) is 5.69. The first-order valence-electron chi connectivity index (χ1n) is 8.86. The van der Waals surface area contributed by atoms with Crippen molar-refractivity contribution in [2.24, 2.45) is 0 Å². The fraction of sp³-hybridized carbons (Fsp3) is 0.381. The summed E-state index contributed by atoms with van der Waals surface area (Å²) in [5.41, 5.74) is 2.15. The van der Waals surface area contributed by atoms with E-state index in [1.807, 2.05) is 49.4 Å². The van der Waals surface area contributed by atoms with Gasteiger partial charge in [0, 0.05) is 13.0 Å². The summed E-state index contributed by atoms with van der Waals surface area (Å²) >= 11 is 0. The molecule has 0 aliphatic heterocycles. The quantitative estimate of drug-likeness (QED) is 0.708. The molecule has 2 aromatic rings. The zero-order valence-electron chi connectivity index (χ0n) is 15.7. The third-order valence-electron chi connectivity index (χ3n) is 4.08. The van der Waals surface area contributed by atoms with Gasteiger partial charge in [-0.3, -0.25) is 4.79 Å². The molecular formula is C21H27NO4. The van der Waals surface area contributed by atoms with E-state index >= 15 is 0 Å². The van der Waals surface area contributed by atoms with Gasteiger partial charge >= 0.3 is 0 Å². The highest BCUT2D eigenvalue weighted by atomic mass is 16.5. The molecule has 0 bridgehead atoms. The van der Waals surface area contributed by atoms with E-state index in [-0.39, 0.29) is 5.91 Å². The molecule has 5 nitrogen and oxygen atoms in total. The molecule has 0 saturated carbocycles. The van der Waals surface area contributed by atoms with Crippen molar-refractivity contribution in [3.8, 4) is 17.2 Å². The first-order valence-corrected chi connectivity index (χ1v) is 8.86. The second kappa shape index (κ2) is 10.3. The number of nitrogens with one attached hydrogen (secondary N) is 1. The average Bonchev–Trinajstić information content (AvgIpc) is 2.67. The second-order valence-corrected chi connectivity index (χ2v) is 5.83. The van der Waals surface area contributed by atoms with E-state index in [4.69, 9.17) is 14.2 Å². The van der Waals surface area contributed by atoms with E-state index in [0.717, 1.165) is 23.3 Å². The largest absolute Gasteiger partial charge is 0.494 e. The molecule has 1 amide bonds. The van der Waals surface area contributed by atoms with Crippen LogP contribution in [0, 0.1) is 0 Å². The SMILES string of the molecule is CCOc1ccccc1CCC(=O)NCCc1ccc(OC)c(OC)c1. The second-order valence-electron chi connectivity index (χ2n) is 5.83. The monoisotopic (exact) mass is 357 g/mol. The molecule has 0 atom stereocenters. The van der Waals surface area contributed by atoms with Crippen molar-refractivity contribution < 1.29 is 19.0 Å². The number of carbonyl (C=O) groups excluding carboxylic acids is 1. The van der Waals surface area contributed by atoms with E-state index in [9.17, 15) is 4.79 Å². The molecule has 5 heteroatoms. The number of carbonyl (C=O) groups is 1. The van der Waals surface area contributed by atoms with Gasteiger partial charge in [0.1, 0.15) is 5.75 Å². The summed E-state index contributed by atoms with van der Waals surface area (Å²) < 4.78 is 16.1. The molecule has 0 spiro atoms. The predicted octanol–water partition coefficient (Wildman–Crippen LogP) is 3.39. The van der Waals surface area contributed by atoms with E-state index in [1.54, 1.807) is 14.2 Å². The lowest BCUT2D eigenvalue weighted by atomic mass is 10.1. The van der Waals surface area contributed by atoms with Gasteiger partial charge in [-0.2, -0.15) is 0 Å². The Bertz CT molecular complexity index is 715. The van der Waals surface area contributed by atoms with Crippen LogP contribution in [-0.4, -0.2) is 33.3 Å². The van der Waals surface area contributed by atoms with Crippen LogP contribution in [0.2, 0.25) is 0 Å². The Balaban J connectivity index is 1.79. The van der Waals surface area contributed by atoms with Crippen molar-refractivity contribution in [2.75, 3.05) is 27.4 Å². The number of para-hydroxylation sites is 1. The summed E-state index contributed by atoms with van der Waals surface area (Å²) in [6, 6.07) is 13.6. The minimum absolute atomic E-state index is 0.0387. The van der Waals surface area contributed by atoms with Crippen molar-refractivity contribution >= 4 is 5.91 Å². The van der Waals surface area contributed by atoms with Gasteiger partial charge in [-0.15, -0.1) is 0 Å². The lowest BCUT2D eigenvalue weighted by Gasteiger charge is -2.11. The van der Waals surface area contributed by atoms with E-state index in [0.29, 0.717) is 37.5 Å². The van der Waals surface area contributed by atoms with Crippen LogP contribution in [0.3, 0.4) is 0 Å².